The summed E-state index contributed by atoms with van der Waals surface area (Å²) in [5.41, 5.74) is 1.34. The van der Waals surface area contributed by atoms with E-state index < -0.39 is 17.1 Å². The predicted octanol–water partition coefficient (Wildman–Crippen LogP) is 3.33. The molecular formula is C18H16O5S. The molecule has 0 spiro atoms. The Bertz CT molecular complexity index is 1010. The Kier molecular flexibility index (Phi) is 4.34. The van der Waals surface area contributed by atoms with Gasteiger partial charge in [0.15, 0.2) is 4.90 Å². The molecule has 1 atom stereocenters. The molecule has 1 heterocycles. The van der Waals surface area contributed by atoms with E-state index in [-0.39, 0.29) is 16.4 Å². The van der Waals surface area contributed by atoms with Crippen molar-refractivity contribution >= 4 is 39.1 Å². The van der Waals surface area contributed by atoms with Crippen LogP contribution in [0.3, 0.4) is 0 Å². The number of benzene rings is 2. The average Bonchev–Trinajstić information content (AvgIpc) is 2.60. The Hall–Kier alpha value is -2.31. The number of rotatable bonds is 4. The minimum absolute atomic E-state index is 0.0261. The number of aromatic carboxylic acids is 1. The van der Waals surface area contributed by atoms with Crippen molar-refractivity contribution in [2.24, 2.45) is 0 Å². The number of hydrogen-bond acceptors (Lipinski definition) is 4. The Morgan fingerprint density at radius 2 is 1.96 bits per heavy atom. The van der Waals surface area contributed by atoms with E-state index in [2.05, 4.69) is 0 Å². The highest BCUT2D eigenvalue weighted by molar-refractivity contribution is 7.91. The Morgan fingerprint density at radius 3 is 2.58 bits per heavy atom. The first-order valence-electron chi connectivity index (χ1n) is 7.61. The SMILES string of the molecule is CCc1cc([S+]([O-])CC)cc2c(=O)c3cc(C(=O)O)ccc3oc12. The van der Waals surface area contributed by atoms with Crippen LogP contribution >= 0.6 is 0 Å². The van der Waals surface area contributed by atoms with Gasteiger partial charge >= 0.3 is 5.97 Å². The van der Waals surface area contributed by atoms with Gasteiger partial charge < -0.3 is 14.1 Å². The molecule has 1 unspecified atom stereocenters. The van der Waals surface area contributed by atoms with Gasteiger partial charge in [0.2, 0.25) is 5.43 Å². The van der Waals surface area contributed by atoms with Crippen molar-refractivity contribution in [3.8, 4) is 0 Å². The monoisotopic (exact) mass is 344 g/mol. The minimum Gasteiger partial charge on any atom is -0.611 e. The molecule has 0 radical (unpaired) electrons. The predicted molar refractivity (Wildman–Crippen MR) is 93.3 cm³/mol. The van der Waals surface area contributed by atoms with Gasteiger partial charge in [-0.25, -0.2) is 4.79 Å². The molecule has 0 aliphatic carbocycles. The number of carboxylic acids is 1. The largest absolute Gasteiger partial charge is 0.611 e. The maximum atomic E-state index is 12.8. The van der Waals surface area contributed by atoms with E-state index in [4.69, 9.17) is 9.52 Å². The van der Waals surface area contributed by atoms with Crippen LogP contribution in [0.5, 0.6) is 0 Å². The van der Waals surface area contributed by atoms with E-state index in [1.54, 1.807) is 6.07 Å². The molecule has 124 valence electrons. The minimum atomic E-state index is -1.19. The molecule has 0 aliphatic rings. The summed E-state index contributed by atoms with van der Waals surface area (Å²) < 4.78 is 18.0. The molecule has 24 heavy (non-hydrogen) atoms. The second-order valence-electron chi connectivity index (χ2n) is 5.39. The summed E-state index contributed by atoms with van der Waals surface area (Å²) in [6, 6.07) is 7.62. The molecule has 0 aliphatic heterocycles. The van der Waals surface area contributed by atoms with Crippen molar-refractivity contribution < 1.29 is 18.9 Å². The van der Waals surface area contributed by atoms with Crippen molar-refractivity contribution in [3.05, 3.63) is 51.7 Å². The first-order valence-corrected chi connectivity index (χ1v) is 8.93. The van der Waals surface area contributed by atoms with E-state index in [1.165, 1.54) is 18.2 Å². The number of carboxylic acid groups (broad SMARTS) is 1. The van der Waals surface area contributed by atoms with Crippen LogP contribution in [0.25, 0.3) is 21.9 Å². The Labute approximate surface area is 141 Å². The van der Waals surface area contributed by atoms with Crippen molar-refractivity contribution in [2.45, 2.75) is 25.2 Å². The first kappa shape index (κ1) is 16.5. The molecule has 5 nitrogen and oxygen atoms in total. The van der Waals surface area contributed by atoms with E-state index >= 15 is 0 Å². The highest BCUT2D eigenvalue weighted by atomic mass is 32.2. The fourth-order valence-electron chi connectivity index (χ4n) is 2.69. The van der Waals surface area contributed by atoms with Gasteiger partial charge in [0, 0.05) is 17.7 Å². The number of fused-ring (bicyclic) bond motifs is 2. The Morgan fingerprint density at radius 1 is 1.21 bits per heavy atom. The standard InChI is InChI=1S/C18H16O5S/c1-3-10-7-12(24(22)4-2)9-14-16(19)13-8-11(18(20)21)5-6-15(13)23-17(10)14/h5-9H,3-4H2,1-2H3,(H,20,21). The number of hydrogen-bond donors (Lipinski definition) is 1. The van der Waals surface area contributed by atoms with Crippen molar-refractivity contribution in [1.29, 1.82) is 0 Å². The van der Waals surface area contributed by atoms with E-state index in [0.29, 0.717) is 33.6 Å². The van der Waals surface area contributed by atoms with E-state index in [1.807, 2.05) is 19.9 Å². The molecule has 2 aromatic carbocycles. The zero-order valence-electron chi connectivity index (χ0n) is 13.3. The summed E-state index contributed by atoms with van der Waals surface area (Å²) in [7, 11) is 0. The summed E-state index contributed by atoms with van der Waals surface area (Å²) in [5.74, 6) is -0.650. The highest BCUT2D eigenvalue weighted by Crippen LogP contribution is 2.26. The van der Waals surface area contributed by atoms with Crippen LogP contribution < -0.4 is 5.43 Å². The average molecular weight is 344 g/mol. The lowest BCUT2D eigenvalue weighted by Gasteiger charge is -2.11. The van der Waals surface area contributed by atoms with Crippen LogP contribution in [0.2, 0.25) is 0 Å². The van der Waals surface area contributed by atoms with Crippen LogP contribution in [0.4, 0.5) is 0 Å². The quantitative estimate of drug-likeness (QED) is 0.579. The smallest absolute Gasteiger partial charge is 0.335 e. The van der Waals surface area contributed by atoms with Crippen molar-refractivity contribution in [2.75, 3.05) is 5.75 Å². The van der Waals surface area contributed by atoms with Gasteiger partial charge in [0.25, 0.3) is 0 Å². The molecule has 1 N–H and O–H groups in total. The zero-order valence-corrected chi connectivity index (χ0v) is 14.1. The summed E-state index contributed by atoms with van der Waals surface area (Å²) >= 11 is -1.19. The maximum Gasteiger partial charge on any atom is 0.335 e. The molecule has 3 aromatic rings. The fourth-order valence-corrected chi connectivity index (χ4v) is 3.55. The van der Waals surface area contributed by atoms with E-state index in [0.717, 1.165) is 5.56 Å². The lowest BCUT2D eigenvalue weighted by molar-refractivity contribution is 0.0697. The fraction of sp³-hybridized carbons (Fsp3) is 0.222. The van der Waals surface area contributed by atoms with Crippen LogP contribution in [0.15, 0.2) is 44.4 Å². The van der Waals surface area contributed by atoms with Crippen molar-refractivity contribution in [1.82, 2.24) is 0 Å². The van der Waals surface area contributed by atoms with Crippen molar-refractivity contribution in [3.63, 3.8) is 0 Å². The number of aryl methyl sites for hydroxylation is 1. The van der Waals surface area contributed by atoms with Gasteiger partial charge in [0.1, 0.15) is 16.9 Å². The normalized spacial score (nSPS) is 12.6. The summed E-state index contributed by atoms with van der Waals surface area (Å²) in [4.78, 5) is 24.6. The summed E-state index contributed by atoms with van der Waals surface area (Å²) in [6.45, 7) is 3.75. The molecule has 6 heteroatoms. The zero-order chi connectivity index (χ0) is 17.4. The maximum absolute atomic E-state index is 12.8. The Balaban J connectivity index is 2.41. The topological polar surface area (TPSA) is 90.6 Å². The lowest BCUT2D eigenvalue weighted by atomic mass is 10.1. The van der Waals surface area contributed by atoms with Crippen LogP contribution in [-0.2, 0) is 17.6 Å². The first-order chi connectivity index (χ1) is 11.5. The van der Waals surface area contributed by atoms with E-state index in [9.17, 15) is 14.1 Å². The molecule has 3 rings (SSSR count). The molecule has 0 amide bonds. The summed E-state index contributed by atoms with van der Waals surface area (Å²) in [5, 5.41) is 9.65. The van der Waals surface area contributed by atoms with Gasteiger partial charge in [-0.1, -0.05) is 6.92 Å². The summed E-state index contributed by atoms with van der Waals surface area (Å²) in [6.07, 6.45) is 0.632. The molecule has 1 aromatic heterocycles. The van der Waals surface area contributed by atoms with Crippen LogP contribution in [0, 0.1) is 0 Å². The lowest BCUT2D eigenvalue weighted by Crippen LogP contribution is -2.09. The molecule has 0 saturated heterocycles. The van der Waals surface area contributed by atoms with Crippen LogP contribution in [0.1, 0.15) is 29.8 Å². The van der Waals surface area contributed by atoms with Gasteiger partial charge in [-0.15, -0.1) is 0 Å². The molecule has 0 bridgehead atoms. The van der Waals surface area contributed by atoms with Gasteiger partial charge in [-0.05, 0) is 42.7 Å². The molecule has 0 saturated carbocycles. The highest BCUT2D eigenvalue weighted by Gasteiger charge is 2.18. The second-order valence-corrected chi connectivity index (χ2v) is 7.13. The number of carbonyl (C=O) groups is 1. The third-order valence-corrected chi connectivity index (χ3v) is 5.26. The molecular weight excluding hydrogens is 328 g/mol. The van der Waals surface area contributed by atoms with Gasteiger partial charge in [-0.2, -0.15) is 0 Å². The van der Waals surface area contributed by atoms with Crippen LogP contribution in [-0.4, -0.2) is 21.4 Å². The third-order valence-electron chi connectivity index (χ3n) is 3.97. The third kappa shape index (κ3) is 2.68. The van der Waals surface area contributed by atoms with Gasteiger partial charge in [0.05, 0.1) is 16.3 Å². The van der Waals surface area contributed by atoms with Gasteiger partial charge in [-0.3, -0.25) is 4.79 Å². The second kappa shape index (κ2) is 6.30. The molecule has 0 fully saturated rings.